The van der Waals surface area contributed by atoms with Gasteiger partial charge in [-0.15, -0.1) is 0 Å². The minimum atomic E-state index is -2.92. The van der Waals surface area contributed by atoms with Crippen LogP contribution in [0.3, 0.4) is 0 Å². The van der Waals surface area contributed by atoms with Crippen LogP contribution in [0.1, 0.15) is 25.7 Å². The Labute approximate surface area is 103 Å². The Morgan fingerprint density at radius 3 is 2.88 bits per heavy atom. The summed E-state index contributed by atoms with van der Waals surface area (Å²) in [5, 5.41) is 4.85. The molecule has 1 N–H and O–H groups in total. The molecule has 3 unspecified atom stereocenters. The maximum atomic E-state index is 11.3. The molecule has 0 saturated carbocycles. The lowest BCUT2D eigenvalue weighted by molar-refractivity contribution is 0.165. The summed E-state index contributed by atoms with van der Waals surface area (Å²) in [4.78, 5) is 2.58. The predicted octanol–water partition coefficient (Wildman–Crippen LogP) is 0.513. The van der Waals surface area contributed by atoms with Crippen LogP contribution >= 0.6 is 0 Å². The summed E-state index contributed by atoms with van der Waals surface area (Å²) >= 11 is 0. The Balaban J connectivity index is 1.55. The fourth-order valence-corrected chi connectivity index (χ4v) is 4.61. The van der Waals surface area contributed by atoms with Crippen LogP contribution in [0.4, 0.5) is 0 Å². The van der Waals surface area contributed by atoms with Crippen LogP contribution in [0.15, 0.2) is 11.5 Å². The van der Waals surface area contributed by atoms with Gasteiger partial charge in [0.15, 0.2) is 9.84 Å². The van der Waals surface area contributed by atoms with Crippen molar-refractivity contribution in [1.29, 1.82) is 0 Å². The van der Waals surface area contributed by atoms with Gasteiger partial charge in [0.25, 0.3) is 0 Å². The standard InChI is InChI=1S/C12H20N2O2S/c15-17(16)7-4-11(9-17)13-10-3-6-14-5-1-2-12(14)8-10/h4,7,10-13H,1-3,5-6,8-9H2. The molecule has 0 spiro atoms. The van der Waals surface area contributed by atoms with Gasteiger partial charge in [0.05, 0.1) is 5.75 Å². The van der Waals surface area contributed by atoms with Crippen molar-refractivity contribution in [1.82, 2.24) is 10.2 Å². The third kappa shape index (κ3) is 2.56. The molecule has 3 rings (SSSR count). The van der Waals surface area contributed by atoms with E-state index in [0.29, 0.717) is 6.04 Å². The molecular formula is C12H20N2O2S. The molecule has 96 valence electrons. The van der Waals surface area contributed by atoms with Gasteiger partial charge in [0.2, 0.25) is 0 Å². The van der Waals surface area contributed by atoms with E-state index in [4.69, 9.17) is 0 Å². The van der Waals surface area contributed by atoms with E-state index in [9.17, 15) is 8.42 Å². The number of hydrogen-bond donors (Lipinski definition) is 1. The molecule has 3 atom stereocenters. The summed E-state index contributed by atoms with van der Waals surface area (Å²) in [6, 6.07) is 1.28. The van der Waals surface area contributed by atoms with E-state index in [1.165, 1.54) is 37.8 Å². The maximum absolute atomic E-state index is 11.3. The molecule has 4 nitrogen and oxygen atoms in total. The molecular weight excluding hydrogens is 236 g/mol. The van der Waals surface area contributed by atoms with E-state index in [1.54, 1.807) is 6.08 Å². The minimum Gasteiger partial charge on any atom is -0.307 e. The Morgan fingerprint density at radius 1 is 1.24 bits per heavy atom. The number of sulfone groups is 1. The monoisotopic (exact) mass is 256 g/mol. The molecule has 2 saturated heterocycles. The molecule has 0 aromatic carbocycles. The van der Waals surface area contributed by atoms with Crippen LogP contribution in [0.25, 0.3) is 0 Å². The van der Waals surface area contributed by atoms with E-state index in [1.807, 2.05) is 0 Å². The van der Waals surface area contributed by atoms with Gasteiger partial charge >= 0.3 is 0 Å². The number of piperidine rings is 1. The van der Waals surface area contributed by atoms with Crippen molar-refractivity contribution < 1.29 is 8.42 Å². The Morgan fingerprint density at radius 2 is 2.12 bits per heavy atom. The fourth-order valence-electron chi connectivity index (χ4n) is 3.36. The molecule has 0 aromatic rings. The largest absolute Gasteiger partial charge is 0.307 e. The number of nitrogens with zero attached hydrogens (tertiary/aromatic N) is 1. The zero-order valence-corrected chi connectivity index (χ0v) is 10.8. The van der Waals surface area contributed by atoms with Crippen LogP contribution in [0.2, 0.25) is 0 Å². The first-order valence-electron chi connectivity index (χ1n) is 6.53. The Kier molecular flexibility index (Phi) is 3.00. The van der Waals surface area contributed by atoms with E-state index < -0.39 is 9.84 Å². The quantitative estimate of drug-likeness (QED) is 0.782. The van der Waals surface area contributed by atoms with Gasteiger partial charge in [-0.25, -0.2) is 8.42 Å². The second kappa shape index (κ2) is 4.37. The van der Waals surface area contributed by atoms with Gasteiger partial charge in [0, 0.05) is 23.5 Å². The van der Waals surface area contributed by atoms with E-state index >= 15 is 0 Å². The van der Waals surface area contributed by atoms with Gasteiger partial charge in [0.1, 0.15) is 0 Å². The second-order valence-electron chi connectivity index (χ2n) is 5.48. The van der Waals surface area contributed by atoms with Crippen molar-refractivity contribution in [2.75, 3.05) is 18.8 Å². The summed E-state index contributed by atoms with van der Waals surface area (Å²) in [5.41, 5.74) is 0. The lowest BCUT2D eigenvalue weighted by Crippen LogP contribution is -2.48. The third-order valence-electron chi connectivity index (χ3n) is 4.20. The van der Waals surface area contributed by atoms with E-state index in [2.05, 4.69) is 10.2 Å². The van der Waals surface area contributed by atoms with Gasteiger partial charge in [-0.05, 0) is 38.8 Å². The zero-order chi connectivity index (χ0) is 11.9. The second-order valence-corrected chi connectivity index (χ2v) is 7.42. The number of rotatable bonds is 2. The highest BCUT2D eigenvalue weighted by Crippen LogP contribution is 2.27. The number of nitrogens with one attached hydrogen (secondary N) is 1. The highest BCUT2D eigenvalue weighted by atomic mass is 32.2. The van der Waals surface area contributed by atoms with Gasteiger partial charge in [-0.1, -0.05) is 6.08 Å². The minimum absolute atomic E-state index is 0.0398. The molecule has 5 heteroatoms. The van der Waals surface area contributed by atoms with Crippen molar-refractivity contribution in [2.45, 2.75) is 43.8 Å². The van der Waals surface area contributed by atoms with E-state index in [0.717, 1.165) is 12.5 Å². The average Bonchev–Trinajstić information content (AvgIpc) is 2.84. The molecule has 2 fully saturated rings. The smallest absolute Gasteiger partial charge is 0.173 e. The van der Waals surface area contributed by atoms with Crippen molar-refractivity contribution >= 4 is 9.84 Å². The molecule has 3 aliphatic heterocycles. The molecule has 0 bridgehead atoms. The fraction of sp³-hybridized carbons (Fsp3) is 0.833. The summed E-state index contributed by atoms with van der Waals surface area (Å²) in [5.74, 6) is 0.248. The summed E-state index contributed by atoms with van der Waals surface area (Å²) in [7, 11) is -2.92. The molecule has 0 radical (unpaired) electrons. The summed E-state index contributed by atoms with van der Waals surface area (Å²) in [6.07, 6.45) is 6.79. The van der Waals surface area contributed by atoms with Gasteiger partial charge in [-0.2, -0.15) is 0 Å². The lowest BCUT2D eigenvalue weighted by Gasteiger charge is -2.36. The Hall–Kier alpha value is -0.390. The van der Waals surface area contributed by atoms with Crippen LogP contribution in [0.5, 0.6) is 0 Å². The van der Waals surface area contributed by atoms with Crippen LogP contribution in [-0.2, 0) is 9.84 Å². The molecule has 17 heavy (non-hydrogen) atoms. The molecule has 0 aliphatic carbocycles. The summed E-state index contributed by atoms with van der Waals surface area (Å²) < 4.78 is 22.7. The normalized spacial score (nSPS) is 40.6. The predicted molar refractivity (Wildman–Crippen MR) is 67.5 cm³/mol. The first kappa shape index (κ1) is 11.7. The van der Waals surface area contributed by atoms with Crippen LogP contribution < -0.4 is 5.32 Å². The van der Waals surface area contributed by atoms with Gasteiger partial charge < -0.3 is 10.2 Å². The first-order valence-corrected chi connectivity index (χ1v) is 8.25. The molecule has 0 amide bonds. The topological polar surface area (TPSA) is 49.4 Å². The van der Waals surface area contributed by atoms with E-state index in [-0.39, 0.29) is 11.8 Å². The highest BCUT2D eigenvalue weighted by Gasteiger charge is 2.33. The summed E-state index contributed by atoms with van der Waals surface area (Å²) in [6.45, 7) is 2.43. The first-order chi connectivity index (χ1) is 8.12. The number of hydrogen-bond acceptors (Lipinski definition) is 4. The average molecular weight is 256 g/mol. The zero-order valence-electron chi connectivity index (χ0n) is 10.0. The third-order valence-corrected chi connectivity index (χ3v) is 5.60. The molecule has 0 aromatic heterocycles. The van der Waals surface area contributed by atoms with Crippen molar-refractivity contribution in [2.24, 2.45) is 0 Å². The maximum Gasteiger partial charge on any atom is 0.173 e. The van der Waals surface area contributed by atoms with Crippen LogP contribution in [-0.4, -0.2) is 50.3 Å². The van der Waals surface area contributed by atoms with Crippen molar-refractivity contribution in [3.05, 3.63) is 11.5 Å². The van der Waals surface area contributed by atoms with Crippen molar-refractivity contribution in [3.8, 4) is 0 Å². The lowest BCUT2D eigenvalue weighted by atomic mass is 9.97. The van der Waals surface area contributed by atoms with Gasteiger partial charge in [-0.3, -0.25) is 0 Å². The highest BCUT2D eigenvalue weighted by molar-refractivity contribution is 7.94. The Bertz CT molecular complexity index is 418. The SMILES string of the molecule is O=S1(=O)C=CC(NC2CCN3CCCC3C2)C1. The van der Waals surface area contributed by atoms with Crippen LogP contribution in [0, 0.1) is 0 Å². The molecule has 3 heterocycles. The molecule has 3 aliphatic rings. The number of fused-ring (bicyclic) bond motifs is 1. The van der Waals surface area contributed by atoms with Crippen molar-refractivity contribution in [3.63, 3.8) is 0 Å².